The van der Waals surface area contributed by atoms with Gasteiger partial charge in [-0.2, -0.15) is 5.10 Å². The molecule has 104 valence electrons. The van der Waals surface area contributed by atoms with Gasteiger partial charge in [0.1, 0.15) is 12.7 Å². The van der Waals surface area contributed by atoms with Gasteiger partial charge in [-0.15, -0.1) is 0 Å². The standard InChI is InChI=1S/C11H17N5O3/c17-10(18)9-2-1-4-15(6-9)11(19)13-3-5-16-8-12-7-14-16/h7-9H,1-6H2,(H,13,19)(H,17,18). The minimum atomic E-state index is -0.833. The lowest BCUT2D eigenvalue weighted by molar-refractivity contribution is -0.143. The van der Waals surface area contributed by atoms with Gasteiger partial charge in [0.15, 0.2) is 0 Å². The summed E-state index contributed by atoms with van der Waals surface area (Å²) in [5.74, 6) is -1.28. The van der Waals surface area contributed by atoms with Crippen molar-refractivity contribution in [3.63, 3.8) is 0 Å². The van der Waals surface area contributed by atoms with Crippen LogP contribution in [0.2, 0.25) is 0 Å². The number of urea groups is 1. The molecule has 2 rings (SSSR count). The average molecular weight is 267 g/mol. The van der Waals surface area contributed by atoms with Crippen molar-refractivity contribution in [3.05, 3.63) is 12.7 Å². The van der Waals surface area contributed by atoms with Crippen LogP contribution in [0.15, 0.2) is 12.7 Å². The third-order valence-electron chi connectivity index (χ3n) is 3.14. The predicted octanol–water partition coefficient (Wildman–Crippen LogP) is -0.216. The number of carboxylic acids is 1. The summed E-state index contributed by atoms with van der Waals surface area (Å²) in [6.45, 7) is 1.88. The first kappa shape index (κ1) is 13.3. The quantitative estimate of drug-likeness (QED) is 0.785. The van der Waals surface area contributed by atoms with E-state index in [0.717, 1.165) is 6.42 Å². The van der Waals surface area contributed by atoms with E-state index in [4.69, 9.17) is 5.11 Å². The van der Waals surface area contributed by atoms with Gasteiger partial charge in [0, 0.05) is 19.6 Å². The van der Waals surface area contributed by atoms with Gasteiger partial charge >= 0.3 is 12.0 Å². The Bertz CT molecular complexity index is 434. The Labute approximate surface area is 110 Å². The molecule has 2 N–H and O–H groups in total. The van der Waals surface area contributed by atoms with E-state index in [0.29, 0.717) is 26.1 Å². The molecule has 1 aliphatic heterocycles. The van der Waals surface area contributed by atoms with E-state index >= 15 is 0 Å². The van der Waals surface area contributed by atoms with Crippen LogP contribution in [0, 0.1) is 5.92 Å². The Morgan fingerprint density at radius 1 is 1.47 bits per heavy atom. The number of amides is 2. The molecule has 0 saturated carbocycles. The number of nitrogens with one attached hydrogen (secondary N) is 1. The highest BCUT2D eigenvalue weighted by atomic mass is 16.4. The molecule has 1 atom stereocenters. The molecule has 1 aliphatic rings. The van der Waals surface area contributed by atoms with E-state index in [1.54, 1.807) is 15.9 Å². The zero-order valence-electron chi connectivity index (χ0n) is 10.5. The first-order chi connectivity index (χ1) is 9.16. The van der Waals surface area contributed by atoms with Crippen molar-refractivity contribution < 1.29 is 14.7 Å². The van der Waals surface area contributed by atoms with Gasteiger partial charge in [0.2, 0.25) is 0 Å². The highest BCUT2D eigenvalue weighted by molar-refractivity contribution is 5.76. The van der Waals surface area contributed by atoms with E-state index in [-0.39, 0.29) is 12.6 Å². The van der Waals surface area contributed by atoms with E-state index < -0.39 is 11.9 Å². The van der Waals surface area contributed by atoms with E-state index in [9.17, 15) is 9.59 Å². The van der Waals surface area contributed by atoms with Crippen molar-refractivity contribution >= 4 is 12.0 Å². The van der Waals surface area contributed by atoms with Crippen LogP contribution in [0.4, 0.5) is 4.79 Å². The summed E-state index contributed by atoms with van der Waals surface area (Å²) >= 11 is 0. The molecule has 1 unspecified atom stereocenters. The molecule has 0 aliphatic carbocycles. The van der Waals surface area contributed by atoms with Crippen LogP contribution in [0.25, 0.3) is 0 Å². The zero-order chi connectivity index (χ0) is 13.7. The van der Waals surface area contributed by atoms with Gasteiger partial charge in [-0.3, -0.25) is 9.48 Å². The number of piperidine rings is 1. The molecular formula is C11H17N5O3. The highest BCUT2D eigenvalue weighted by Crippen LogP contribution is 2.16. The molecule has 8 nitrogen and oxygen atoms in total. The number of carboxylic acid groups (broad SMARTS) is 1. The Morgan fingerprint density at radius 2 is 2.32 bits per heavy atom. The summed E-state index contributed by atoms with van der Waals surface area (Å²) in [4.78, 5) is 28.1. The Hall–Kier alpha value is -2.12. The number of rotatable bonds is 4. The number of aliphatic carboxylic acids is 1. The maximum Gasteiger partial charge on any atom is 0.317 e. The van der Waals surface area contributed by atoms with E-state index in [1.807, 2.05) is 0 Å². The lowest BCUT2D eigenvalue weighted by Gasteiger charge is -2.30. The number of likely N-dealkylation sites (tertiary alicyclic amines) is 1. The van der Waals surface area contributed by atoms with Crippen LogP contribution in [0.1, 0.15) is 12.8 Å². The first-order valence-corrected chi connectivity index (χ1v) is 6.25. The molecule has 0 spiro atoms. The second-order valence-corrected chi connectivity index (χ2v) is 4.51. The normalized spacial score (nSPS) is 19.2. The summed E-state index contributed by atoms with van der Waals surface area (Å²) < 4.78 is 1.62. The van der Waals surface area contributed by atoms with Crippen molar-refractivity contribution in [3.8, 4) is 0 Å². The monoisotopic (exact) mass is 267 g/mol. The number of hydrogen-bond acceptors (Lipinski definition) is 4. The Balaban J connectivity index is 1.74. The van der Waals surface area contributed by atoms with E-state index in [1.165, 1.54) is 6.33 Å². The summed E-state index contributed by atoms with van der Waals surface area (Å²) in [6.07, 6.45) is 4.38. The minimum Gasteiger partial charge on any atom is -0.481 e. The summed E-state index contributed by atoms with van der Waals surface area (Å²) in [6, 6.07) is -0.217. The molecule has 2 heterocycles. The molecule has 1 fully saturated rings. The third-order valence-corrected chi connectivity index (χ3v) is 3.14. The second-order valence-electron chi connectivity index (χ2n) is 4.51. The lowest BCUT2D eigenvalue weighted by atomic mass is 9.99. The van der Waals surface area contributed by atoms with Crippen molar-refractivity contribution in [1.29, 1.82) is 0 Å². The summed E-state index contributed by atoms with van der Waals surface area (Å²) in [7, 11) is 0. The highest BCUT2D eigenvalue weighted by Gasteiger charge is 2.27. The van der Waals surface area contributed by atoms with E-state index in [2.05, 4.69) is 15.4 Å². The molecule has 1 saturated heterocycles. The fourth-order valence-electron chi connectivity index (χ4n) is 2.10. The van der Waals surface area contributed by atoms with Gasteiger partial charge in [0.25, 0.3) is 0 Å². The number of nitrogens with zero attached hydrogens (tertiary/aromatic N) is 4. The maximum absolute atomic E-state index is 11.9. The fraction of sp³-hybridized carbons (Fsp3) is 0.636. The molecule has 1 aromatic heterocycles. The van der Waals surface area contributed by atoms with Gasteiger partial charge in [-0.05, 0) is 12.8 Å². The van der Waals surface area contributed by atoms with Crippen LogP contribution in [0.3, 0.4) is 0 Å². The van der Waals surface area contributed by atoms with Gasteiger partial charge in [0.05, 0.1) is 12.5 Å². The number of carbonyl (C=O) groups excluding carboxylic acids is 1. The summed E-state index contributed by atoms with van der Waals surface area (Å²) in [5.41, 5.74) is 0. The summed E-state index contributed by atoms with van der Waals surface area (Å²) in [5, 5.41) is 15.6. The Morgan fingerprint density at radius 3 is 3.00 bits per heavy atom. The molecule has 0 radical (unpaired) electrons. The molecular weight excluding hydrogens is 250 g/mol. The lowest BCUT2D eigenvalue weighted by Crippen LogP contribution is -2.47. The second kappa shape index (κ2) is 6.17. The van der Waals surface area contributed by atoms with Crippen LogP contribution >= 0.6 is 0 Å². The molecule has 8 heteroatoms. The average Bonchev–Trinajstić information content (AvgIpc) is 2.92. The van der Waals surface area contributed by atoms with Crippen molar-refractivity contribution in [1.82, 2.24) is 25.0 Å². The number of aromatic nitrogens is 3. The topological polar surface area (TPSA) is 100 Å². The van der Waals surface area contributed by atoms with Crippen LogP contribution < -0.4 is 5.32 Å². The minimum absolute atomic E-state index is 0.217. The molecule has 2 amide bonds. The largest absolute Gasteiger partial charge is 0.481 e. The van der Waals surface area contributed by atoms with Gasteiger partial charge in [-0.25, -0.2) is 9.78 Å². The van der Waals surface area contributed by atoms with Crippen LogP contribution in [-0.2, 0) is 11.3 Å². The molecule has 1 aromatic rings. The molecule has 19 heavy (non-hydrogen) atoms. The van der Waals surface area contributed by atoms with Crippen molar-refractivity contribution in [2.45, 2.75) is 19.4 Å². The van der Waals surface area contributed by atoms with Gasteiger partial charge < -0.3 is 15.3 Å². The first-order valence-electron chi connectivity index (χ1n) is 6.25. The predicted molar refractivity (Wildman–Crippen MR) is 65.4 cm³/mol. The Kier molecular flexibility index (Phi) is 4.32. The SMILES string of the molecule is O=C(O)C1CCCN(C(=O)NCCn2cncn2)C1. The fourth-order valence-corrected chi connectivity index (χ4v) is 2.10. The third kappa shape index (κ3) is 3.67. The van der Waals surface area contributed by atoms with Crippen molar-refractivity contribution in [2.24, 2.45) is 5.92 Å². The van der Waals surface area contributed by atoms with Gasteiger partial charge in [-0.1, -0.05) is 0 Å². The van der Waals surface area contributed by atoms with Crippen molar-refractivity contribution in [2.75, 3.05) is 19.6 Å². The number of hydrogen-bond donors (Lipinski definition) is 2. The van der Waals surface area contributed by atoms with Crippen LogP contribution in [-0.4, -0.2) is 56.4 Å². The maximum atomic E-state index is 11.9. The smallest absolute Gasteiger partial charge is 0.317 e. The zero-order valence-corrected chi connectivity index (χ0v) is 10.5. The molecule has 0 aromatic carbocycles. The molecule has 0 bridgehead atoms. The number of carbonyl (C=O) groups is 2. The van der Waals surface area contributed by atoms with Crippen LogP contribution in [0.5, 0.6) is 0 Å².